The Morgan fingerprint density at radius 1 is 1.20 bits per heavy atom. The van der Waals surface area contributed by atoms with Gasteiger partial charge in [-0.3, -0.25) is 4.79 Å². The SMILES string of the molecule is CCOCCOC1CCN(C(=O)CCNC2CC2)CC1. The summed E-state index contributed by atoms with van der Waals surface area (Å²) in [5, 5.41) is 3.39. The Bertz CT molecular complexity index is 287. The molecule has 0 aromatic rings. The monoisotopic (exact) mass is 284 g/mol. The number of piperidine rings is 1. The normalized spacial score (nSPS) is 20.4. The van der Waals surface area contributed by atoms with Crippen molar-refractivity contribution in [3.05, 3.63) is 0 Å². The lowest BCUT2D eigenvalue weighted by molar-refractivity contribution is -0.133. The maximum atomic E-state index is 12.0. The summed E-state index contributed by atoms with van der Waals surface area (Å²) in [6, 6.07) is 0.687. The van der Waals surface area contributed by atoms with Gasteiger partial charge in [-0.15, -0.1) is 0 Å². The van der Waals surface area contributed by atoms with Crippen molar-refractivity contribution in [3.63, 3.8) is 0 Å². The van der Waals surface area contributed by atoms with Crippen LogP contribution in [0.1, 0.15) is 39.0 Å². The van der Waals surface area contributed by atoms with E-state index in [0.29, 0.717) is 31.8 Å². The molecule has 0 atom stereocenters. The molecule has 0 aromatic heterocycles. The van der Waals surface area contributed by atoms with Crippen LogP contribution in [0.3, 0.4) is 0 Å². The zero-order chi connectivity index (χ0) is 14.2. The Morgan fingerprint density at radius 3 is 2.60 bits per heavy atom. The summed E-state index contributed by atoms with van der Waals surface area (Å²) in [6.45, 7) is 6.56. The molecule has 0 aromatic carbocycles. The number of carbonyl (C=O) groups excluding carboxylic acids is 1. The predicted octanol–water partition coefficient (Wildman–Crippen LogP) is 1.17. The van der Waals surface area contributed by atoms with Crippen LogP contribution in [0, 0.1) is 0 Å². The molecule has 2 fully saturated rings. The van der Waals surface area contributed by atoms with E-state index in [0.717, 1.165) is 39.1 Å². The van der Waals surface area contributed by atoms with E-state index in [9.17, 15) is 4.79 Å². The van der Waals surface area contributed by atoms with Crippen molar-refractivity contribution in [2.45, 2.75) is 51.2 Å². The molecule has 1 amide bonds. The van der Waals surface area contributed by atoms with Crippen molar-refractivity contribution < 1.29 is 14.3 Å². The highest BCUT2D eigenvalue weighted by Crippen LogP contribution is 2.18. The first-order valence-electron chi connectivity index (χ1n) is 8.00. The largest absolute Gasteiger partial charge is 0.379 e. The third-order valence-corrected chi connectivity index (χ3v) is 3.93. The molecule has 1 saturated heterocycles. The molecule has 2 aliphatic rings. The first-order valence-corrected chi connectivity index (χ1v) is 8.00. The second kappa shape index (κ2) is 8.60. The van der Waals surface area contributed by atoms with Gasteiger partial charge in [0.05, 0.1) is 19.3 Å². The molecule has 0 bridgehead atoms. The lowest BCUT2D eigenvalue weighted by atomic mass is 10.1. The third-order valence-electron chi connectivity index (χ3n) is 3.93. The zero-order valence-electron chi connectivity index (χ0n) is 12.6. The molecule has 5 nitrogen and oxygen atoms in total. The van der Waals surface area contributed by atoms with Gasteiger partial charge in [0.15, 0.2) is 0 Å². The average Bonchev–Trinajstić information content (AvgIpc) is 3.28. The average molecular weight is 284 g/mol. The summed E-state index contributed by atoms with van der Waals surface area (Å²) >= 11 is 0. The van der Waals surface area contributed by atoms with Crippen LogP contribution in [0.2, 0.25) is 0 Å². The highest BCUT2D eigenvalue weighted by atomic mass is 16.5. The van der Waals surface area contributed by atoms with Gasteiger partial charge in [0.25, 0.3) is 0 Å². The smallest absolute Gasteiger partial charge is 0.223 e. The number of hydrogen-bond donors (Lipinski definition) is 1. The van der Waals surface area contributed by atoms with Crippen molar-refractivity contribution in [1.82, 2.24) is 10.2 Å². The summed E-state index contributed by atoms with van der Waals surface area (Å²) in [7, 11) is 0. The Hall–Kier alpha value is -0.650. The predicted molar refractivity (Wildman–Crippen MR) is 77.7 cm³/mol. The fourth-order valence-corrected chi connectivity index (χ4v) is 2.52. The zero-order valence-corrected chi connectivity index (χ0v) is 12.6. The number of rotatable bonds is 9. The van der Waals surface area contributed by atoms with Crippen molar-refractivity contribution in [3.8, 4) is 0 Å². The van der Waals surface area contributed by atoms with Crippen molar-refractivity contribution in [1.29, 1.82) is 0 Å². The second-order valence-electron chi connectivity index (χ2n) is 5.63. The van der Waals surface area contributed by atoms with Crippen LogP contribution in [0.5, 0.6) is 0 Å². The van der Waals surface area contributed by atoms with Gasteiger partial charge < -0.3 is 19.7 Å². The number of nitrogens with zero attached hydrogens (tertiary/aromatic N) is 1. The van der Waals surface area contributed by atoms with Crippen LogP contribution in [0.25, 0.3) is 0 Å². The number of nitrogens with one attached hydrogen (secondary N) is 1. The van der Waals surface area contributed by atoms with E-state index in [4.69, 9.17) is 9.47 Å². The van der Waals surface area contributed by atoms with E-state index in [2.05, 4.69) is 5.32 Å². The van der Waals surface area contributed by atoms with Gasteiger partial charge in [-0.1, -0.05) is 0 Å². The molecule has 116 valence electrons. The minimum absolute atomic E-state index is 0.283. The quantitative estimate of drug-likeness (QED) is 0.646. The van der Waals surface area contributed by atoms with Crippen LogP contribution in [0.4, 0.5) is 0 Å². The van der Waals surface area contributed by atoms with Gasteiger partial charge in [0.2, 0.25) is 5.91 Å². The van der Waals surface area contributed by atoms with Crippen LogP contribution >= 0.6 is 0 Å². The maximum Gasteiger partial charge on any atom is 0.223 e. The summed E-state index contributed by atoms with van der Waals surface area (Å²) in [5.74, 6) is 0.283. The highest BCUT2D eigenvalue weighted by molar-refractivity contribution is 5.76. The van der Waals surface area contributed by atoms with Gasteiger partial charge in [-0.25, -0.2) is 0 Å². The highest BCUT2D eigenvalue weighted by Gasteiger charge is 2.24. The van der Waals surface area contributed by atoms with Gasteiger partial charge in [-0.05, 0) is 32.6 Å². The first kappa shape index (κ1) is 15.7. The second-order valence-corrected chi connectivity index (χ2v) is 5.63. The van der Waals surface area contributed by atoms with Crippen LogP contribution in [-0.2, 0) is 14.3 Å². The molecule has 20 heavy (non-hydrogen) atoms. The fraction of sp³-hybridized carbons (Fsp3) is 0.933. The minimum atomic E-state index is 0.283. The standard InChI is InChI=1S/C15H28N2O3/c1-2-19-11-12-20-14-6-9-17(10-7-14)15(18)5-8-16-13-3-4-13/h13-14,16H,2-12H2,1H3. The van der Waals surface area contributed by atoms with E-state index < -0.39 is 0 Å². The van der Waals surface area contributed by atoms with Gasteiger partial charge in [0, 0.05) is 38.7 Å². The third kappa shape index (κ3) is 5.77. The molecular formula is C15H28N2O3. The van der Waals surface area contributed by atoms with Gasteiger partial charge >= 0.3 is 0 Å². The molecule has 1 saturated carbocycles. The maximum absolute atomic E-state index is 12.0. The van der Waals surface area contributed by atoms with Crippen molar-refractivity contribution in [2.75, 3.05) is 39.5 Å². The lowest BCUT2D eigenvalue weighted by Crippen LogP contribution is -2.42. The van der Waals surface area contributed by atoms with Gasteiger partial charge in [-0.2, -0.15) is 0 Å². The van der Waals surface area contributed by atoms with Crippen molar-refractivity contribution in [2.24, 2.45) is 0 Å². The van der Waals surface area contributed by atoms with Gasteiger partial charge in [0.1, 0.15) is 0 Å². The molecule has 0 unspecified atom stereocenters. The molecule has 1 heterocycles. The fourth-order valence-electron chi connectivity index (χ4n) is 2.52. The summed E-state index contributed by atoms with van der Waals surface area (Å²) < 4.78 is 11.0. The number of carbonyl (C=O) groups is 1. The Labute approximate surface area is 122 Å². The van der Waals surface area contributed by atoms with E-state index >= 15 is 0 Å². The Kier molecular flexibility index (Phi) is 6.76. The van der Waals surface area contributed by atoms with Crippen LogP contribution in [0.15, 0.2) is 0 Å². The van der Waals surface area contributed by atoms with E-state index in [1.54, 1.807) is 0 Å². The molecule has 1 aliphatic carbocycles. The Balaban J connectivity index is 1.52. The van der Waals surface area contributed by atoms with E-state index in [1.165, 1.54) is 12.8 Å². The van der Waals surface area contributed by atoms with Crippen LogP contribution in [-0.4, -0.2) is 62.4 Å². The summed E-state index contributed by atoms with van der Waals surface area (Å²) in [4.78, 5) is 14.0. The lowest BCUT2D eigenvalue weighted by Gasteiger charge is -2.32. The molecule has 0 radical (unpaired) electrons. The van der Waals surface area contributed by atoms with Crippen molar-refractivity contribution >= 4 is 5.91 Å². The minimum Gasteiger partial charge on any atom is -0.379 e. The first-order chi connectivity index (χ1) is 9.79. The molecule has 0 spiro atoms. The van der Waals surface area contributed by atoms with E-state index in [1.807, 2.05) is 11.8 Å². The molecule has 1 aliphatic heterocycles. The molecule has 2 rings (SSSR count). The molecular weight excluding hydrogens is 256 g/mol. The molecule has 1 N–H and O–H groups in total. The van der Waals surface area contributed by atoms with E-state index in [-0.39, 0.29) is 5.91 Å². The number of amides is 1. The summed E-state index contributed by atoms with van der Waals surface area (Å²) in [5.41, 5.74) is 0. The number of ether oxygens (including phenoxy) is 2. The summed E-state index contributed by atoms with van der Waals surface area (Å²) in [6.07, 6.45) is 5.38. The van der Waals surface area contributed by atoms with Crippen LogP contribution < -0.4 is 5.32 Å². The number of likely N-dealkylation sites (tertiary alicyclic amines) is 1. The topological polar surface area (TPSA) is 50.8 Å². The molecule has 5 heteroatoms. The Morgan fingerprint density at radius 2 is 1.95 bits per heavy atom. The number of hydrogen-bond acceptors (Lipinski definition) is 4.